The maximum absolute atomic E-state index is 12.8. The second kappa shape index (κ2) is 8.99. The van der Waals surface area contributed by atoms with Crippen LogP contribution < -0.4 is 16.0 Å². The highest BCUT2D eigenvalue weighted by Crippen LogP contribution is 2.25. The average molecular weight is 367 g/mol. The van der Waals surface area contributed by atoms with Gasteiger partial charge in [0.05, 0.1) is 5.75 Å². The number of hydrogen-bond donors (Lipinski definition) is 3. The van der Waals surface area contributed by atoms with Gasteiger partial charge in [-0.25, -0.2) is 9.18 Å². The summed E-state index contributed by atoms with van der Waals surface area (Å²) in [6.07, 6.45) is 1.59. The molecule has 0 fully saturated rings. The number of nitrogens with one attached hydrogen (secondary N) is 3. The van der Waals surface area contributed by atoms with Gasteiger partial charge in [-0.1, -0.05) is 29.2 Å². The molecule has 0 aliphatic carbocycles. The first-order valence-electron chi connectivity index (χ1n) is 6.74. The van der Waals surface area contributed by atoms with Crippen molar-refractivity contribution in [2.24, 2.45) is 0 Å². The Morgan fingerprint density at radius 2 is 2.00 bits per heavy atom. The summed E-state index contributed by atoms with van der Waals surface area (Å²) in [5, 5.41) is 15.7. The molecule has 10 heteroatoms. The molecule has 0 saturated carbocycles. The second-order valence-electron chi connectivity index (χ2n) is 4.34. The van der Waals surface area contributed by atoms with Gasteiger partial charge in [0.15, 0.2) is 4.34 Å². The quantitative estimate of drug-likeness (QED) is 0.397. The van der Waals surface area contributed by atoms with Gasteiger partial charge in [-0.05, 0) is 24.3 Å². The third-order valence-electron chi connectivity index (χ3n) is 2.50. The van der Waals surface area contributed by atoms with E-state index in [0.717, 1.165) is 11.3 Å². The average Bonchev–Trinajstić information content (AvgIpc) is 3.00. The van der Waals surface area contributed by atoms with Crippen molar-refractivity contribution in [2.45, 2.75) is 4.34 Å². The van der Waals surface area contributed by atoms with Crippen molar-refractivity contribution in [3.63, 3.8) is 0 Å². The highest BCUT2D eigenvalue weighted by Gasteiger charge is 2.10. The molecule has 0 radical (unpaired) electrons. The Morgan fingerprint density at radius 3 is 2.71 bits per heavy atom. The lowest BCUT2D eigenvalue weighted by Gasteiger charge is -2.04. The van der Waals surface area contributed by atoms with E-state index in [0.29, 0.717) is 21.7 Å². The van der Waals surface area contributed by atoms with Crippen molar-refractivity contribution < 1.29 is 14.0 Å². The first-order valence-corrected chi connectivity index (χ1v) is 8.54. The molecule has 24 heavy (non-hydrogen) atoms. The van der Waals surface area contributed by atoms with Crippen LogP contribution in [-0.4, -0.2) is 34.4 Å². The van der Waals surface area contributed by atoms with Crippen molar-refractivity contribution >= 4 is 45.9 Å². The lowest BCUT2D eigenvalue weighted by Crippen LogP contribution is -2.24. The van der Waals surface area contributed by atoms with E-state index in [2.05, 4.69) is 32.7 Å². The highest BCUT2D eigenvalue weighted by molar-refractivity contribution is 8.01. The summed E-state index contributed by atoms with van der Waals surface area (Å²) in [5.74, 6) is -0.327. The summed E-state index contributed by atoms with van der Waals surface area (Å²) in [6.45, 7) is 3.92. The van der Waals surface area contributed by atoms with Crippen LogP contribution in [0.2, 0.25) is 0 Å². The summed E-state index contributed by atoms with van der Waals surface area (Å²) in [6, 6.07) is 4.86. The first kappa shape index (κ1) is 17.9. The molecule has 0 aliphatic rings. The van der Waals surface area contributed by atoms with E-state index in [1.807, 2.05) is 0 Å². The lowest BCUT2D eigenvalue weighted by atomic mass is 10.3. The standard InChI is InChI=1S/C14H14FN5O2S2/c1-2-7-16-11(21)8-23-14-20-19-13(24-14)18-12(22)17-10-5-3-9(15)4-6-10/h2-6H,1,7-8H2,(H,16,21)(H2,17,18,19,22). The third kappa shape index (κ3) is 5.97. The fourth-order valence-corrected chi connectivity index (χ4v) is 3.05. The number of anilines is 2. The van der Waals surface area contributed by atoms with Gasteiger partial charge in [-0.2, -0.15) is 0 Å². The molecule has 0 spiro atoms. The number of rotatable bonds is 7. The normalized spacial score (nSPS) is 10.0. The summed E-state index contributed by atoms with van der Waals surface area (Å²) >= 11 is 2.37. The van der Waals surface area contributed by atoms with Crippen LogP contribution in [0.5, 0.6) is 0 Å². The zero-order valence-corrected chi connectivity index (χ0v) is 14.0. The molecule has 2 rings (SSSR count). The number of hydrogen-bond acceptors (Lipinski definition) is 6. The molecule has 0 saturated heterocycles. The van der Waals surface area contributed by atoms with Gasteiger partial charge in [0.1, 0.15) is 5.82 Å². The van der Waals surface area contributed by atoms with E-state index in [9.17, 15) is 14.0 Å². The van der Waals surface area contributed by atoms with Gasteiger partial charge in [-0.15, -0.1) is 16.8 Å². The molecule has 7 nitrogen and oxygen atoms in total. The van der Waals surface area contributed by atoms with E-state index in [1.54, 1.807) is 6.08 Å². The lowest BCUT2D eigenvalue weighted by molar-refractivity contribution is -0.118. The van der Waals surface area contributed by atoms with Crippen molar-refractivity contribution in [3.8, 4) is 0 Å². The van der Waals surface area contributed by atoms with E-state index in [1.165, 1.54) is 36.0 Å². The van der Waals surface area contributed by atoms with Crippen LogP contribution in [0.3, 0.4) is 0 Å². The molecule has 1 heterocycles. The Morgan fingerprint density at radius 1 is 1.25 bits per heavy atom. The summed E-state index contributed by atoms with van der Waals surface area (Å²) in [7, 11) is 0. The van der Waals surface area contributed by atoms with Crippen LogP contribution in [0.25, 0.3) is 0 Å². The van der Waals surface area contributed by atoms with Crippen molar-refractivity contribution in [1.29, 1.82) is 0 Å². The monoisotopic (exact) mass is 367 g/mol. The van der Waals surface area contributed by atoms with Gasteiger partial charge < -0.3 is 10.6 Å². The predicted octanol–water partition coefficient (Wildman–Crippen LogP) is 2.72. The van der Waals surface area contributed by atoms with E-state index in [4.69, 9.17) is 0 Å². The minimum Gasteiger partial charge on any atom is -0.352 e. The molecule has 126 valence electrons. The van der Waals surface area contributed by atoms with Crippen molar-refractivity contribution in [1.82, 2.24) is 15.5 Å². The van der Waals surface area contributed by atoms with Gasteiger partial charge in [0, 0.05) is 12.2 Å². The topological polar surface area (TPSA) is 96.0 Å². The minimum atomic E-state index is -0.516. The number of halogens is 1. The number of urea groups is 1. The Kier molecular flexibility index (Phi) is 6.70. The molecule has 1 aromatic carbocycles. The molecule has 1 aromatic heterocycles. The van der Waals surface area contributed by atoms with Gasteiger partial charge >= 0.3 is 6.03 Å². The van der Waals surface area contributed by atoms with E-state index in [-0.39, 0.29) is 17.5 Å². The first-order chi connectivity index (χ1) is 11.6. The Labute approximate surface area is 145 Å². The molecule has 0 unspecified atom stereocenters. The molecule has 0 aliphatic heterocycles. The summed E-state index contributed by atoms with van der Waals surface area (Å²) in [4.78, 5) is 23.3. The van der Waals surface area contributed by atoms with E-state index < -0.39 is 6.03 Å². The van der Waals surface area contributed by atoms with Gasteiger partial charge in [-0.3, -0.25) is 10.1 Å². The molecule has 3 N–H and O–H groups in total. The molecular formula is C14H14FN5O2S2. The van der Waals surface area contributed by atoms with Crippen LogP contribution in [0.1, 0.15) is 0 Å². The van der Waals surface area contributed by atoms with Crippen LogP contribution in [0, 0.1) is 5.82 Å². The molecule has 3 amide bonds. The fourth-order valence-electron chi connectivity index (χ4n) is 1.48. The molecule has 0 atom stereocenters. The van der Waals surface area contributed by atoms with Crippen LogP contribution in [0.15, 0.2) is 41.3 Å². The van der Waals surface area contributed by atoms with E-state index >= 15 is 0 Å². The number of amides is 3. The summed E-state index contributed by atoms with van der Waals surface area (Å²) in [5.41, 5.74) is 0.451. The maximum atomic E-state index is 12.8. The largest absolute Gasteiger partial charge is 0.352 e. The van der Waals surface area contributed by atoms with Crippen LogP contribution in [-0.2, 0) is 4.79 Å². The SMILES string of the molecule is C=CCNC(=O)CSc1nnc(NC(=O)Nc2ccc(F)cc2)s1. The molecular weight excluding hydrogens is 353 g/mol. The zero-order valence-electron chi connectivity index (χ0n) is 12.4. The number of thioether (sulfide) groups is 1. The fraction of sp³-hybridized carbons (Fsp3) is 0.143. The minimum absolute atomic E-state index is 0.140. The van der Waals surface area contributed by atoms with Crippen LogP contribution >= 0.6 is 23.1 Å². The smallest absolute Gasteiger partial charge is 0.325 e. The molecule has 2 aromatic rings. The number of carbonyl (C=O) groups excluding carboxylic acids is 2. The number of aromatic nitrogens is 2. The Balaban J connectivity index is 1.80. The number of benzene rings is 1. The Bertz CT molecular complexity index is 720. The third-order valence-corrected chi connectivity index (χ3v) is 4.47. The van der Waals surface area contributed by atoms with Crippen LogP contribution in [0.4, 0.5) is 20.0 Å². The Hall–Kier alpha value is -2.46. The highest BCUT2D eigenvalue weighted by atomic mass is 32.2. The number of carbonyl (C=O) groups is 2. The maximum Gasteiger partial charge on any atom is 0.325 e. The van der Waals surface area contributed by atoms with Gasteiger partial charge in [0.25, 0.3) is 0 Å². The van der Waals surface area contributed by atoms with Crippen molar-refractivity contribution in [2.75, 3.05) is 22.9 Å². The zero-order chi connectivity index (χ0) is 17.4. The number of nitrogens with zero attached hydrogens (tertiary/aromatic N) is 2. The van der Waals surface area contributed by atoms with Gasteiger partial charge in [0.2, 0.25) is 11.0 Å². The second-order valence-corrected chi connectivity index (χ2v) is 6.54. The summed E-state index contributed by atoms with van der Waals surface area (Å²) < 4.78 is 13.3. The molecule has 0 bridgehead atoms. The predicted molar refractivity (Wildman–Crippen MR) is 92.9 cm³/mol. The van der Waals surface area contributed by atoms with Crippen molar-refractivity contribution in [3.05, 3.63) is 42.7 Å².